The monoisotopic (exact) mass is 279 g/mol. The first-order chi connectivity index (χ1) is 9.75. The lowest BCUT2D eigenvalue weighted by molar-refractivity contribution is -0.133. The van der Waals surface area contributed by atoms with Gasteiger partial charge < -0.3 is 24.6 Å². The number of benzene rings is 1. The molecule has 2 heterocycles. The minimum Gasteiger partial charge on any atom is -0.491 e. The first-order valence-electron chi connectivity index (χ1n) is 6.68. The van der Waals surface area contributed by atoms with Gasteiger partial charge in [0, 0.05) is 0 Å². The predicted molar refractivity (Wildman–Crippen MR) is 69.8 cm³/mol. The SMILES string of the molecule is O=C1NCCOc2ccc(C(O)C3COCCO3)cc21. The Morgan fingerprint density at radius 2 is 2.20 bits per heavy atom. The smallest absolute Gasteiger partial charge is 0.255 e. The molecule has 0 spiro atoms. The van der Waals surface area contributed by atoms with Gasteiger partial charge in [0.25, 0.3) is 5.91 Å². The van der Waals surface area contributed by atoms with Gasteiger partial charge in [0.2, 0.25) is 0 Å². The van der Waals surface area contributed by atoms with Crippen molar-refractivity contribution in [3.63, 3.8) is 0 Å². The lowest BCUT2D eigenvalue weighted by atomic mass is 10.0. The molecule has 2 atom stereocenters. The van der Waals surface area contributed by atoms with Crippen molar-refractivity contribution in [2.75, 3.05) is 33.0 Å². The van der Waals surface area contributed by atoms with Crippen LogP contribution < -0.4 is 10.1 Å². The highest BCUT2D eigenvalue weighted by Gasteiger charge is 2.26. The zero-order valence-electron chi connectivity index (χ0n) is 11.0. The first kappa shape index (κ1) is 13.4. The number of rotatable bonds is 2. The van der Waals surface area contributed by atoms with Gasteiger partial charge in [0.15, 0.2) is 0 Å². The molecule has 2 unspecified atom stereocenters. The van der Waals surface area contributed by atoms with Crippen LogP contribution in [0, 0.1) is 0 Å². The summed E-state index contributed by atoms with van der Waals surface area (Å²) in [5.74, 6) is 0.351. The number of ether oxygens (including phenoxy) is 3. The van der Waals surface area contributed by atoms with E-state index in [1.807, 2.05) is 0 Å². The normalized spacial score (nSPS) is 24.1. The lowest BCUT2D eigenvalue weighted by Crippen LogP contribution is -2.34. The van der Waals surface area contributed by atoms with E-state index in [4.69, 9.17) is 14.2 Å². The number of fused-ring (bicyclic) bond motifs is 1. The van der Waals surface area contributed by atoms with Crippen LogP contribution in [-0.4, -0.2) is 50.1 Å². The number of aliphatic hydroxyl groups is 1. The molecular formula is C14H17NO5. The van der Waals surface area contributed by atoms with Crippen molar-refractivity contribution in [3.05, 3.63) is 29.3 Å². The van der Waals surface area contributed by atoms with Crippen LogP contribution in [-0.2, 0) is 9.47 Å². The van der Waals surface area contributed by atoms with Crippen LogP contribution in [0.25, 0.3) is 0 Å². The molecule has 6 heteroatoms. The van der Waals surface area contributed by atoms with E-state index in [9.17, 15) is 9.90 Å². The van der Waals surface area contributed by atoms with E-state index >= 15 is 0 Å². The van der Waals surface area contributed by atoms with Crippen LogP contribution in [0.4, 0.5) is 0 Å². The van der Waals surface area contributed by atoms with Crippen LogP contribution in [0.1, 0.15) is 22.0 Å². The Bertz CT molecular complexity index is 498. The summed E-state index contributed by atoms with van der Waals surface area (Å²) in [6, 6.07) is 5.11. The summed E-state index contributed by atoms with van der Waals surface area (Å²) in [6.07, 6.45) is -1.23. The number of hydrogen-bond donors (Lipinski definition) is 2. The molecule has 0 bridgehead atoms. The summed E-state index contributed by atoms with van der Waals surface area (Å²) in [6.45, 7) is 2.28. The van der Waals surface area contributed by atoms with Crippen LogP contribution in [0.5, 0.6) is 5.75 Å². The van der Waals surface area contributed by atoms with Crippen molar-refractivity contribution in [3.8, 4) is 5.75 Å². The van der Waals surface area contributed by atoms with Gasteiger partial charge in [-0.2, -0.15) is 0 Å². The van der Waals surface area contributed by atoms with Crippen molar-refractivity contribution in [2.45, 2.75) is 12.2 Å². The van der Waals surface area contributed by atoms with Gasteiger partial charge in [-0.1, -0.05) is 6.07 Å². The molecule has 1 aromatic rings. The molecule has 1 amide bonds. The first-order valence-corrected chi connectivity index (χ1v) is 6.68. The zero-order valence-corrected chi connectivity index (χ0v) is 11.0. The maximum absolute atomic E-state index is 11.9. The van der Waals surface area contributed by atoms with E-state index in [0.29, 0.717) is 49.8 Å². The summed E-state index contributed by atoms with van der Waals surface area (Å²) < 4.78 is 16.3. The summed E-state index contributed by atoms with van der Waals surface area (Å²) in [7, 11) is 0. The highest BCUT2D eigenvalue weighted by Crippen LogP contribution is 2.27. The van der Waals surface area contributed by atoms with E-state index in [0.717, 1.165) is 0 Å². The van der Waals surface area contributed by atoms with E-state index in [2.05, 4.69) is 5.32 Å². The summed E-state index contributed by atoms with van der Waals surface area (Å²) in [5, 5.41) is 13.1. The van der Waals surface area contributed by atoms with Gasteiger partial charge >= 0.3 is 0 Å². The molecule has 1 fully saturated rings. The molecule has 0 aliphatic carbocycles. The number of amides is 1. The molecule has 0 aromatic heterocycles. The molecular weight excluding hydrogens is 262 g/mol. The highest BCUT2D eigenvalue weighted by molar-refractivity contribution is 5.97. The molecule has 6 nitrogen and oxygen atoms in total. The third-order valence-corrected chi connectivity index (χ3v) is 3.43. The zero-order chi connectivity index (χ0) is 13.9. The summed E-state index contributed by atoms with van der Waals surface area (Å²) in [4.78, 5) is 11.9. The van der Waals surface area contributed by atoms with E-state index < -0.39 is 12.2 Å². The van der Waals surface area contributed by atoms with E-state index in [1.165, 1.54) is 0 Å². The molecule has 20 heavy (non-hydrogen) atoms. The fraction of sp³-hybridized carbons (Fsp3) is 0.500. The molecule has 108 valence electrons. The van der Waals surface area contributed by atoms with E-state index in [-0.39, 0.29) is 5.91 Å². The fourth-order valence-electron chi connectivity index (χ4n) is 2.36. The number of carbonyl (C=O) groups excluding carboxylic acids is 1. The quantitative estimate of drug-likeness (QED) is 0.812. The maximum atomic E-state index is 11.9. The lowest BCUT2D eigenvalue weighted by Gasteiger charge is -2.27. The second kappa shape index (κ2) is 5.78. The molecule has 3 rings (SSSR count). The van der Waals surface area contributed by atoms with Crippen LogP contribution in [0.2, 0.25) is 0 Å². The van der Waals surface area contributed by atoms with Crippen molar-refractivity contribution in [1.82, 2.24) is 5.32 Å². The number of nitrogens with one attached hydrogen (secondary N) is 1. The topological polar surface area (TPSA) is 77.0 Å². The van der Waals surface area contributed by atoms with Crippen molar-refractivity contribution in [1.29, 1.82) is 0 Å². The Hall–Kier alpha value is -1.63. The van der Waals surface area contributed by atoms with E-state index in [1.54, 1.807) is 18.2 Å². The Balaban J connectivity index is 1.85. The predicted octanol–water partition coefficient (Wildman–Crippen LogP) is 0.258. The number of aliphatic hydroxyl groups excluding tert-OH is 1. The van der Waals surface area contributed by atoms with Gasteiger partial charge in [-0.15, -0.1) is 0 Å². The maximum Gasteiger partial charge on any atom is 0.255 e. The molecule has 0 saturated carbocycles. The Kier molecular flexibility index (Phi) is 3.86. The Labute approximate surface area is 116 Å². The number of hydrogen-bond acceptors (Lipinski definition) is 5. The second-order valence-electron chi connectivity index (χ2n) is 4.79. The summed E-state index contributed by atoms with van der Waals surface area (Å²) in [5.41, 5.74) is 1.07. The molecule has 0 radical (unpaired) electrons. The highest BCUT2D eigenvalue weighted by atomic mass is 16.6. The van der Waals surface area contributed by atoms with Crippen LogP contribution in [0.15, 0.2) is 18.2 Å². The molecule has 1 saturated heterocycles. The standard InChI is InChI=1S/C14H17NO5/c16-13(12-8-18-5-6-20-12)9-1-2-11-10(7-9)14(17)15-3-4-19-11/h1-2,7,12-13,16H,3-6,8H2,(H,15,17). The van der Waals surface area contributed by atoms with Gasteiger partial charge in [0.05, 0.1) is 31.9 Å². The third kappa shape index (κ3) is 2.63. The average molecular weight is 279 g/mol. The van der Waals surface area contributed by atoms with Crippen LogP contribution in [0.3, 0.4) is 0 Å². The van der Waals surface area contributed by atoms with Crippen molar-refractivity contribution < 1.29 is 24.1 Å². The largest absolute Gasteiger partial charge is 0.491 e. The number of carbonyl (C=O) groups is 1. The fourth-order valence-corrected chi connectivity index (χ4v) is 2.36. The second-order valence-corrected chi connectivity index (χ2v) is 4.79. The van der Waals surface area contributed by atoms with Crippen LogP contribution >= 0.6 is 0 Å². The molecule has 2 aliphatic heterocycles. The van der Waals surface area contributed by atoms with Crippen molar-refractivity contribution in [2.24, 2.45) is 0 Å². The average Bonchev–Trinajstić information content (AvgIpc) is 2.69. The Morgan fingerprint density at radius 3 is 3.00 bits per heavy atom. The molecule has 2 aliphatic rings. The molecule has 2 N–H and O–H groups in total. The van der Waals surface area contributed by atoms with Gasteiger partial charge in [-0.3, -0.25) is 4.79 Å². The van der Waals surface area contributed by atoms with Gasteiger partial charge in [0.1, 0.15) is 24.6 Å². The van der Waals surface area contributed by atoms with Crippen molar-refractivity contribution >= 4 is 5.91 Å². The van der Waals surface area contributed by atoms with Gasteiger partial charge in [-0.05, 0) is 17.7 Å². The minimum atomic E-state index is -0.823. The van der Waals surface area contributed by atoms with Gasteiger partial charge in [-0.25, -0.2) is 0 Å². The minimum absolute atomic E-state index is 0.188. The Morgan fingerprint density at radius 1 is 1.30 bits per heavy atom. The summed E-state index contributed by atoms with van der Waals surface area (Å²) >= 11 is 0. The molecule has 1 aromatic carbocycles. The third-order valence-electron chi connectivity index (χ3n) is 3.43.